The van der Waals surface area contributed by atoms with Crippen molar-refractivity contribution in [2.75, 3.05) is 13.7 Å². The molecule has 1 atom stereocenters. The quantitative estimate of drug-likeness (QED) is 0.772. The zero-order chi connectivity index (χ0) is 10.4. The summed E-state index contributed by atoms with van der Waals surface area (Å²) in [4.78, 5) is 0. The van der Waals surface area contributed by atoms with E-state index in [4.69, 9.17) is 15.7 Å². The van der Waals surface area contributed by atoms with E-state index in [1.807, 2.05) is 12.1 Å². The SMILES string of the molecule is COCC(N)Cc1ccc(C#N)cc1. The fourth-order valence-corrected chi connectivity index (χ4v) is 1.29. The Morgan fingerprint density at radius 3 is 2.57 bits per heavy atom. The minimum atomic E-state index is 0.0212. The molecule has 1 rings (SSSR count). The van der Waals surface area contributed by atoms with Gasteiger partial charge in [0.1, 0.15) is 0 Å². The first-order valence-corrected chi connectivity index (χ1v) is 4.50. The Bertz CT molecular complexity index is 313. The summed E-state index contributed by atoms with van der Waals surface area (Å²) < 4.78 is 4.94. The molecule has 0 aliphatic heterocycles. The van der Waals surface area contributed by atoms with Crippen LogP contribution in [-0.2, 0) is 11.2 Å². The average molecular weight is 190 g/mol. The van der Waals surface area contributed by atoms with Crippen LogP contribution >= 0.6 is 0 Å². The van der Waals surface area contributed by atoms with Crippen molar-refractivity contribution in [3.63, 3.8) is 0 Å². The molecular formula is C11H14N2O. The third-order valence-corrected chi connectivity index (χ3v) is 1.96. The molecule has 0 fully saturated rings. The number of ether oxygens (including phenoxy) is 1. The first-order chi connectivity index (χ1) is 6.76. The van der Waals surface area contributed by atoms with Gasteiger partial charge in [-0.1, -0.05) is 12.1 Å². The predicted octanol–water partition coefficient (Wildman–Crippen LogP) is 1.07. The molecule has 0 radical (unpaired) electrons. The molecule has 0 amide bonds. The average Bonchev–Trinajstić information content (AvgIpc) is 2.19. The summed E-state index contributed by atoms with van der Waals surface area (Å²) in [7, 11) is 1.64. The Morgan fingerprint density at radius 2 is 2.07 bits per heavy atom. The van der Waals surface area contributed by atoms with Gasteiger partial charge in [0.15, 0.2) is 0 Å². The van der Waals surface area contributed by atoms with E-state index >= 15 is 0 Å². The Labute approximate surface area is 84.1 Å². The Hall–Kier alpha value is -1.37. The third kappa shape index (κ3) is 3.17. The summed E-state index contributed by atoms with van der Waals surface area (Å²) in [6.07, 6.45) is 0.777. The monoisotopic (exact) mass is 190 g/mol. The fourth-order valence-electron chi connectivity index (χ4n) is 1.29. The highest BCUT2D eigenvalue weighted by atomic mass is 16.5. The van der Waals surface area contributed by atoms with E-state index in [0.717, 1.165) is 12.0 Å². The Kier molecular flexibility index (Phi) is 4.11. The van der Waals surface area contributed by atoms with Crippen molar-refractivity contribution in [1.82, 2.24) is 0 Å². The normalized spacial score (nSPS) is 12.1. The summed E-state index contributed by atoms with van der Waals surface area (Å²) in [5, 5.41) is 8.60. The van der Waals surface area contributed by atoms with E-state index in [1.54, 1.807) is 19.2 Å². The lowest BCUT2D eigenvalue weighted by Gasteiger charge is -2.09. The number of rotatable bonds is 4. The maximum absolute atomic E-state index is 8.60. The van der Waals surface area contributed by atoms with Crippen LogP contribution in [0.5, 0.6) is 0 Å². The number of benzene rings is 1. The molecular weight excluding hydrogens is 176 g/mol. The fraction of sp³-hybridized carbons (Fsp3) is 0.364. The molecule has 0 aromatic heterocycles. The van der Waals surface area contributed by atoms with Crippen LogP contribution in [0.2, 0.25) is 0 Å². The number of methoxy groups -OCH3 is 1. The molecule has 2 N–H and O–H groups in total. The molecule has 0 bridgehead atoms. The molecule has 3 nitrogen and oxygen atoms in total. The minimum Gasteiger partial charge on any atom is -0.383 e. The van der Waals surface area contributed by atoms with Crippen LogP contribution in [0.4, 0.5) is 0 Å². The molecule has 0 saturated heterocycles. The van der Waals surface area contributed by atoms with Crippen LogP contribution in [0, 0.1) is 11.3 Å². The van der Waals surface area contributed by atoms with E-state index < -0.39 is 0 Å². The van der Waals surface area contributed by atoms with Gasteiger partial charge in [-0.15, -0.1) is 0 Å². The first-order valence-electron chi connectivity index (χ1n) is 4.50. The summed E-state index contributed by atoms with van der Waals surface area (Å²) in [6, 6.07) is 9.55. The second kappa shape index (κ2) is 5.38. The number of hydrogen-bond acceptors (Lipinski definition) is 3. The largest absolute Gasteiger partial charge is 0.383 e. The maximum atomic E-state index is 8.60. The number of hydrogen-bond donors (Lipinski definition) is 1. The molecule has 0 aliphatic carbocycles. The van der Waals surface area contributed by atoms with Gasteiger partial charge in [0.2, 0.25) is 0 Å². The van der Waals surface area contributed by atoms with Gasteiger partial charge in [0.05, 0.1) is 18.2 Å². The highest BCUT2D eigenvalue weighted by Crippen LogP contribution is 2.05. The van der Waals surface area contributed by atoms with E-state index in [2.05, 4.69) is 6.07 Å². The molecule has 3 heteroatoms. The van der Waals surface area contributed by atoms with Gasteiger partial charge in [-0.25, -0.2) is 0 Å². The van der Waals surface area contributed by atoms with Gasteiger partial charge in [-0.2, -0.15) is 5.26 Å². The van der Waals surface area contributed by atoms with Gasteiger partial charge < -0.3 is 10.5 Å². The number of nitrogens with two attached hydrogens (primary N) is 1. The van der Waals surface area contributed by atoms with Gasteiger partial charge >= 0.3 is 0 Å². The van der Waals surface area contributed by atoms with Crippen LogP contribution in [0.25, 0.3) is 0 Å². The predicted molar refractivity (Wildman–Crippen MR) is 54.7 cm³/mol. The Morgan fingerprint density at radius 1 is 1.43 bits per heavy atom. The molecule has 1 aromatic carbocycles. The van der Waals surface area contributed by atoms with E-state index in [9.17, 15) is 0 Å². The lowest BCUT2D eigenvalue weighted by molar-refractivity contribution is 0.180. The summed E-state index contributed by atoms with van der Waals surface area (Å²) in [5.41, 5.74) is 7.60. The van der Waals surface area contributed by atoms with Gasteiger partial charge in [0.25, 0.3) is 0 Å². The van der Waals surface area contributed by atoms with Crippen molar-refractivity contribution in [1.29, 1.82) is 5.26 Å². The zero-order valence-electron chi connectivity index (χ0n) is 8.23. The van der Waals surface area contributed by atoms with Crippen molar-refractivity contribution in [3.05, 3.63) is 35.4 Å². The number of nitriles is 1. The van der Waals surface area contributed by atoms with E-state index in [0.29, 0.717) is 12.2 Å². The van der Waals surface area contributed by atoms with Crippen LogP contribution < -0.4 is 5.73 Å². The number of nitrogens with zero attached hydrogens (tertiary/aromatic N) is 1. The highest BCUT2D eigenvalue weighted by Gasteiger charge is 2.02. The standard InChI is InChI=1S/C11H14N2O/c1-14-8-11(13)6-9-2-4-10(7-12)5-3-9/h2-5,11H,6,8,13H2,1H3. The molecule has 1 unspecified atom stereocenters. The van der Waals surface area contributed by atoms with Crippen molar-refractivity contribution in [2.24, 2.45) is 5.73 Å². The van der Waals surface area contributed by atoms with Crippen molar-refractivity contribution in [2.45, 2.75) is 12.5 Å². The highest BCUT2D eigenvalue weighted by molar-refractivity contribution is 5.31. The van der Waals surface area contributed by atoms with Gasteiger partial charge in [0, 0.05) is 13.2 Å². The van der Waals surface area contributed by atoms with Crippen LogP contribution in [0.15, 0.2) is 24.3 Å². The molecule has 0 spiro atoms. The van der Waals surface area contributed by atoms with E-state index in [1.165, 1.54) is 0 Å². The third-order valence-electron chi connectivity index (χ3n) is 1.96. The molecule has 0 heterocycles. The topological polar surface area (TPSA) is 59.0 Å². The Balaban J connectivity index is 2.56. The van der Waals surface area contributed by atoms with Gasteiger partial charge in [-0.05, 0) is 24.1 Å². The first kappa shape index (κ1) is 10.7. The van der Waals surface area contributed by atoms with E-state index in [-0.39, 0.29) is 6.04 Å². The molecule has 0 saturated carbocycles. The second-order valence-corrected chi connectivity index (χ2v) is 3.23. The summed E-state index contributed by atoms with van der Waals surface area (Å²) in [6.45, 7) is 0.556. The smallest absolute Gasteiger partial charge is 0.0991 e. The summed E-state index contributed by atoms with van der Waals surface area (Å²) in [5.74, 6) is 0. The van der Waals surface area contributed by atoms with Crippen molar-refractivity contribution < 1.29 is 4.74 Å². The summed E-state index contributed by atoms with van der Waals surface area (Å²) >= 11 is 0. The molecule has 0 aliphatic rings. The lowest BCUT2D eigenvalue weighted by Crippen LogP contribution is -2.27. The van der Waals surface area contributed by atoms with Crippen molar-refractivity contribution >= 4 is 0 Å². The minimum absolute atomic E-state index is 0.0212. The molecule has 14 heavy (non-hydrogen) atoms. The van der Waals surface area contributed by atoms with Crippen LogP contribution in [-0.4, -0.2) is 19.8 Å². The second-order valence-electron chi connectivity index (χ2n) is 3.23. The zero-order valence-corrected chi connectivity index (χ0v) is 8.23. The van der Waals surface area contributed by atoms with Gasteiger partial charge in [-0.3, -0.25) is 0 Å². The molecule has 74 valence electrons. The molecule has 1 aromatic rings. The van der Waals surface area contributed by atoms with Crippen LogP contribution in [0.1, 0.15) is 11.1 Å². The van der Waals surface area contributed by atoms with Crippen LogP contribution in [0.3, 0.4) is 0 Å². The van der Waals surface area contributed by atoms with Crippen molar-refractivity contribution in [3.8, 4) is 6.07 Å². The maximum Gasteiger partial charge on any atom is 0.0991 e. The lowest BCUT2D eigenvalue weighted by atomic mass is 10.1.